The molecule has 2 amide bonds. The molecular weight excluding hydrogens is 591 g/mol. The van der Waals surface area contributed by atoms with E-state index in [1.54, 1.807) is 49.6 Å². The zero-order valence-electron chi connectivity index (χ0n) is 24.2. The Morgan fingerprint density at radius 3 is 2.11 bits per heavy atom. The van der Waals surface area contributed by atoms with Crippen molar-refractivity contribution in [3.05, 3.63) is 108 Å². The molecule has 9 nitrogen and oxygen atoms in total. The average Bonchev–Trinajstić information content (AvgIpc) is 3.05. The van der Waals surface area contributed by atoms with Crippen LogP contribution in [-0.4, -0.2) is 31.1 Å². The van der Waals surface area contributed by atoms with Crippen LogP contribution >= 0.6 is 0 Å². The third-order valence-corrected chi connectivity index (χ3v) is 6.59. The summed E-state index contributed by atoms with van der Waals surface area (Å²) in [7, 11) is 1.59. The van der Waals surface area contributed by atoms with Gasteiger partial charge >= 0.3 is 12.1 Å². The van der Waals surface area contributed by atoms with Crippen molar-refractivity contribution in [3.63, 3.8) is 0 Å². The number of nitrogens with two attached hydrogens (primary N) is 1. The first-order valence-corrected chi connectivity index (χ1v) is 13.7. The van der Waals surface area contributed by atoms with Crippen molar-refractivity contribution >= 4 is 23.5 Å². The molecule has 12 heteroatoms. The molecule has 0 saturated carbocycles. The topological polar surface area (TPSA) is 120 Å². The number of methoxy groups -OCH3 is 1. The lowest BCUT2D eigenvalue weighted by Crippen LogP contribution is -2.36. The van der Waals surface area contributed by atoms with E-state index in [4.69, 9.17) is 15.2 Å². The minimum absolute atomic E-state index is 0.0790. The Hall–Kier alpha value is -5.36. The Labute approximate surface area is 257 Å². The maximum absolute atomic E-state index is 13.6. The summed E-state index contributed by atoms with van der Waals surface area (Å²) in [5.74, 6) is -2.61. The fourth-order valence-electron chi connectivity index (χ4n) is 4.27. The van der Waals surface area contributed by atoms with Gasteiger partial charge in [-0.2, -0.15) is 18.7 Å². The van der Waals surface area contributed by atoms with Crippen LogP contribution in [-0.2, 0) is 32.3 Å². The van der Waals surface area contributed by atoms with Gasteiger partial charge in [-0.25, -0.2) is 4.79 Å². The number of nitrogens with one attached hydrogen (secondary N) is 1. The SMILES string of the molecule is COc1ccc(-c2ccc(CN(C(=O)CCC(=O)NOC(=O)C(F)(F)F)c3ccccc3Oc3cccc(CN)c3)cc2)cc1. The number of rotatable bonds is 11. The van der Waals surface area contributed by atoms with Crippen molar-refractivity contribution in [2.75, 3.05) is 12.0 Å². The Bertz CT molecular complexity index is 1630. The van der Waals surface area contributed by atoms with Gasteiger partial charge in [0, 0.05) is 19.4 Å². The highest BCUT2D eigenvalue weighted by atomic mass is 19.4. The zero-order chi connectivity index (χ0) is 32.4. The number of carbonyl (C=O) groups excluding carboxylic acids is 3. The van der Waals surface area contributed by atoms with Crippen molar-refractivity contribution in [3.8, 4) is 28.4 Å². The smallest absolute Gasteiger partial charge is 0.493 e. The summed E-state index contributed by atoms with van der Waals surface area (Å²) in [4.78, 5) is 41.8. The Balaban J connectivity index is 1.57. The van der Waals surface area contributed by atoms with E-state index in [2.05, 4.69) is 4.84 Å². The highest BCUT2D eigenvalue weighted by molar-refractivity contribution is 5.96. The van der Waals surface area contributed by atoms with E-state index in [0.717, 1.165) is 28.0 Å². The highest BCUT2D eigenvalue weighted by Crippen LogP contribution is 2.34. The summed E-state index contributed by atoms with van der Waals surface area (Å²) < 4.78 is 48.5. The van der Waals surface area contributed by atoms with Gasteiger partial charge in [-0.15, -0.1) is 0 Å². The maximum Gasteiger partial charge on any atom is 0.493 e. The van der Waals surface area contributed by atoms with Gasteiger partial charge in [0.25, 0.3) is 5.91 Å². The number of hydrogen-bond acceptors (Lipinski definition) is 7. The highest BCUT2D eigenvalue weighted by Gasteiger charge is 2.42. The lowest BCUT2D eigenvalue weighted by molar-refractivity contribution is -0.207. The second-order valence-corrected chi connectivity index (χ2v) is 9.74. The van der Waals surface area contributed by atoms with Crippen LogP contribution in [0.2, 0.25) is 0 Å². The molecule has 3 N–H and O–H groups in total. The molecule has 0 heterocycles. The lowest BCUT2D eigenvalue weighted by atomic mass is 10.0. The van der Waals surface area contributed by atoms with Gasteiger partial charge in [-0.1, -0.05) is 60.7 Å². The predicted molar refractivity (Wildman–Crippen MR) is 160 cm³/mol. The van der Waals surface area contributed by atoms with Gasteiger partial charge in [-0.05, 0) is 58.7 Å². The van der Waals surface area contributed by atoms with Crippen LogP contribution in [0.5, 0.6) is 17.2 Å². The second kappa shape index (κ2) is 14.9. The van der Waals surface area contributed by atoms with Gasteiger partial charge in [0.15, 0.2) is 5.75 Å². The van der Waals surface area contributed by atoms with Gasteiger partial charge in [-0.3, -0.25) is 9.59 Å². The quantitative estimate of drug-likeness (QED) is 0.195. The third kappa shape index (κ3) is 9.07. The Morgan fingerprint density at radius 1 is 0.800 bits per heavy atom. The van der Waals surface area contributed by atoms with Crippen molar-refractivity contribution < 1.29 is 41.9 Å². The van der Waals surface area contributed by atoms with Crippen molar-refractivity contribution in [2.24, 2.45) is 5.73 Å². The molecule has 0 fully saturated rings. The van der Waals surface area contributed by atoms with Crippen LogP contribution in [0.25, 0.3) is 11.1 Å². The van der Waals surface area contributed by atoms with Crippen LogP contribution < -0.4 is 25.6 Å². The molecule has 0 bridgehead atoms. The maximum atomic E-state index is 13.6. The molecule has 0 aliphatic carbocycles. The van der Waals surface area contributed by atoms with Crippen LogP contribution in [0, 0.1) is 0 Å². The molecule has 4 aromatic carbocycles. The van der Waals surface area contributed by atoms with E-state index in [-0.39, 0.29) is 6.54 Å². The molecule has 0 aliphatic heterocycles. The fraction of sp³-hybridized carbons (Fsp3) is 0.182. The molecule has 0 aliphatic rings. The summed E-state index contributed by atoms with van der Waals surface area (Å²) in [6.07, 6.45) is -6.23. The normalized spacial score (nSPS) is 11.0. The van der Waals surface area contributed by atoms with Crippen LogP contribution in [0.1, 0.15) is 24.0 Å². The number of carbonyl (C=O) groups is 3. The molecule has 0 aromatic heterocycles. The number of ether oxygens (including phenoxy) is 2. The fourth-order valence-corrected chi connectivity index (χ4v) is 4.27. The zero-order valence-corrected chi connectivity index (χ0v) is 24.2. The van der Waals surface area contributed by atoms with Gasteiger partial charge in [0.05, 0.1) is 19.3 Å². The number of anilines is 1. The minimum atomic E-state index is -5.28. The summed E-state index contributed by atoms with van der Waals surface area (Å²) in [6, 6.07) is 29.0. The lowest BCUT2D eigenvalue weighted by Gasteiger charge is -2.25. The summed E-state index contributed by atoms with van der Waals surface area (Å²) in [5, 5.41) is 0. The number of benzene rings is 4. The molecule has 0 spiro atoms. The average molecular weight is 622 g/mol. The van der Waals surface area contributed by atoms with Crippen LogP contribution in [0.3, 0.4) is 0 Å². The van der Waals surface area contributed by atoms with E-state index in [0.29, 0.717) is 23.7 Å². The van der Waals surface area contributed by atoms with Gasteiger partial charge in [0.2, 0.25) is 5.91 Å². The standard InChI is InChI=1S/C33H30F3N3O6/c1-43-26-15-13-25(14-16-26)24-11-9-22(10-12-24)21-39(31(41)18-17-30(40)38-45-32(42)33(34,35)36)28-7-2-3-8-29(28)44-27-6-4-5-23(19-27)20-37/h2-16,19H,17-18,20-21,37H2,1H3,(H,38,40). The number of nitrogens with zero attached hydrogens (tertiary/aromatic N) is 1. The van der Waals surface area contributed by atoms with Crippen LogP contribution in [0.4, 0.5) is 18.9 Å². The predicted octanol–water partition coefficient (Wildman–Crippen LogP) is 6.06. The first-order chi connectivity index (χ1) is 21.6. The number of amides is 2. The van der Waals surface area contributed by atoms with E-state index in [1.165, 1.54) is 10.4 Å². The second-order valence-electron chi connectivity index (χ2n) is 9.74. The summed E-state index contributed by atoms with van der Waals surface area (Å²) in [6.45, 7) is 0.381. The number of para-hydroxylation sites is 2. The number of hydrogen-bond donors (Lipinski definition) is 2. The third-order valence-electron chi connectivity index (χ3n) is 6.59. The van der Waals surface area contributed by atoms with Gasteiger partial charge < -0.3 is 24.9 Å². The Morgan fingerprint density at radius 2 is 1.47 bits per heavy atom. The molecule has 0 unspecified atom stereocenters. The first-order valence-electron chi connectivity index (χ1n) is 13.7. The number of alkyl halides is 3. The van der Waals surface area contributed by atoms with Crippen LogP contribution in [0.15, 0.2) is 97.1 Å². The molecule has 0 radical (unpaired) electrons. The molecule has 234 valence electrons. The Kier molecular flexibility index (Phi) is 10.8. The van der Waals surface area contributed by atoms with Crippen molar-refractivity contribution in [1.29, 1.82) is 0 Å². The molecule has 4 aromatic rings. The molecule has 0 atom stereocenters. The minimum Gasteiger partial charge on any atom is -0.497 e. The summed E-state index contributed by atoms with van der Waals surface area (Å²) in [5.41, 5.74) is 11.1. The van der Waals surface area contributed by atoms with E-state index in [1.807, 2.05) is 54.6 Å². The van der Waals surface area contributed by atoms with E-state index < -0.39 is 36.8 Å². The number of halogens is 3. The molecule has 45 heavy (non-hydrogen) atoms. The van der Waals surface area contributed by atoms with Crippen molar-refractivity contribution in [2.45, 2.75) is 32.1 Å². The largest absolute Gasteiger partial charge is 0.497 e. The van der Waals surface area contributed by atoms with E-state index >= 15 is 0 Å². The summed E-state index contributed by atoms with van der Waals surface area (Å²) >= 11 is 0. The molecule has 4 rings (SSSR count). The monoisotopic (exact) mass is 621 g/mol. The number of hydroxylamine groups is 1. The van der Waals surface area contributed by atoms with Crippen molar-refractivity contribution in [1.82, 2.24) is 5.48 Å². The molecule has 0 saturated heterocycles. The molecular formula is C33H30F3N3O6. The van der Waals surface area contributed by atoms with E-state index in [9.17, 15) is 27.6 Å². The van der Waals surface area contributed by atoms with Gasteiger partial charge in [0.1, 0.15) is 11.5 Å². The first kappa shape index (κ1) is 32.6.